The number of benzene rings is 1. The average Bonchev–Trinajstić information content (AvgIpc) is 3.43. The molecule has 180 valence electrons. The number of hydrogen-bond donors (Lipinski definition) is 0. The highest BCUT2D eigenvalue weighted by Crippen LogP contribution is 2.43. The molecule has 2 aliphatic heterocycles. The Morgan fingerprint density at radius 3 is 2.59 bits per heavy atom. The van der Waals surface area contributed by atoms with Crippen LogP contribution in [0.4, 0.5) is 6.01 Å². The molecule has 1 aromatic carbocycles. The van der Waals surface area contributed by atoms with Crippen molar-refractivity contribution in [3.8, 4) is 17.0 Å². The highest BCUT2D eigenvalue weighted by molar-refractivity contribution is 7.90. The van der Waals surface area contributed by atoms with Crippen LogP contribution < -0.4 is 9.64 Å². The molecule has 0 radical (unpaired) electrons. The molecule has 0 saturated carbocycles. The quantitative estimate of drug-likeness (QED) is 0.518. The van der Waals surface area contributed by atoms with Crippen molar-refractivity contribution < 1.29 is 17.7 Å². The minimum absolute atomic E-state index is 0.281. The van der Waals surface area contributed by atoms with Crippen LogP contribution >= 0.6 is 0 Å². The number of nitrogens with zero attached hydrogens (tertiary/aromatic N) is 4. The van der Waals surface area contributed by atoms with E-state index in [1.165, 1.54) is 6.26 Å². The standard InChI is InChI=1S/C25H30N4O4S/c1-4-5-23-27-24(33-28-23)29-12-10-19(11-13-29)25(2)15-18-14-21(26-16-22(18)32-25)17-6-8-20(9-7-17)34(3,30)31/h6-9,14,16,19H,4-5,10-13,15H2,1-3H3. The molecule has 1 unspecified atom stereocenters. The maximum absolute atomic E-state index is 11.7. The number of anilines is 1. The largest absolute Gasteiger partial charge is 0.485 e. The molecule has 3 aromatic rings. The third-order valence-corrected chi connectivity index (χ3v) is 8.10. The molecule has 4 heterocycles. The van der Waals surface area contributed by atoms with Crippen LogP contribution in [-0.2, 0) is 22.7 Å². The lowest BCUT2D eigenvalue weighted by Crippen LogP contribution is -2.46. The first-order chi connectivity index (χ1) is 16.2. The summed E-state index contributed by atoms with van der Waals surface area (Å²) >= 11 is 0. The van der Waals surface area contributed by atoms with Crippen LogP contribution in [-0.4, -0.2) is 48.5 Å². The summed E-state index contributed by atoms with van der Waals surface area (Å²) in [5, 5.41) is 4.08. The summed E-state index contributed by atoms with van der Waals surface area (Å²) in [6.45, 7) is 6.03. The number of aryl methyl sites for hydroxylation is 1. The Hall–Kier alpha value is -2.94. The molecule has 0 N–H and O–H groups in total. The van der Waals surface area contributed by atoms with E-state index in [9.17, 15) is 8.42 Å². The molecule has 1 fully saturated rings. The number of piperidine rings is 1. The molecule has 0 amide bonds. The monoisotopic (exact) mass is 482 g/mol. The van der Waals surface area contributed by atoms with Crippen molar-refractivity contribution in [2.45, 2.75) is 56.4 Å². The SMILES string of the molecule is CCCc1noc(N2CCC(C3(C)Cc4cc(-c5ccc(S(C)(=O)=O)cc5)ncc4O3)CC2)n1. The predicted molar refractivity (Wildman–Crippen MR) is 129 cm³/mol. The summed E-state index contributed by atoms with van der Waals surface area (Å²) in [5.74, 6) is 2.02. The Labute approximate surface area is 200 Å². The van der Waals surface area contributed by atoms with E-state index in [-0.39, 0.29) is 5.60 Å². The van der Waals surface area contributed by atoms with Crippen LogP contribution in [0.5, 0.6) is 5.75 Å². The number of pyridine rings is 1. The van der Waals surface area contributed by atoms with Crippen LogP contribution in [0.25, 0.3) is 11.3 Å². The van der Waals surface area contributed by atoms with Gasteiger partial charge in [0.2, 0.25) is 0 Å². The molecule has 1 atom stereocenters. The summed E-state index contributed by atoms with van der Waals surface area (Å²) < 4.78 is 35.4. The zero-order valence-corrected chi connectivity index (χ0v) is 20.6. The highest BCUT2D eigenvalue weighted by atomic mass is 32.2. The smallest absolute Gasteiger partial charge is 0.324 e. The molecule has 8 nitrogen and oxygen atoms in total. The number of ether oxygens (including phenoxy) is 1. The third-order valence-electron chi connectivity index (χ3n) is 6.97. The molecule has 0 spiro atoms. The number of rotatable bonds is 6. The van der Waals surface area contributed by atoms with Gasteiger partial charge in [-0.2, -0.15) is 4.98 Å². The van der Waals surface area contributed by atoms with Gasteiger partial charge in [-0.3, -0.25) is 4.98 Å². The average molecular weight is 483 g/mol. The Bertz CT molecular complexity index is 1280. The molecular weight excluding hydrogens is 452 g/mol. The summed E-state index contributed by atoms with van der Waals surface area (Å²) in [6.07, 6.45) is 7.65. The van der Waals surface area contributed by atoms with E-state index < -0.39 is 9.84 Å². The lowest BCUT2D eigenvalue weighted by Gasteiger charge is -2.39. The van der Waals surface area contributed by atoms with E-state index in [0.717, 1.165) is 73.6 Å². The second kappa shape index (κ2) is 8.69. The van der Waals surface area contributed by atoms with Crippen molar-refractivity contribution in [3.05, 3.63) is 47.9 Å². The van der Waals surface area contributed by atoms with Gasteiger partial charge in [0.15, 0.2) is 15.7 Å². The molecule has 0 bridgehead atoms. The van der Waals surface area contributed by atoms with Gasteiger partial charge in [-0.25, -0.2) is 8.42 Å². The Kier molecular flexibility index (Phi) is 5.83. The molecular formula is C25H30N4O4S. The Morgan fingerprint density at radius 1 is 1.18 bits per heavy atom. The lowest BCUT2D eigenvalue weighted by atomic mass is 9.79. The van der Waals surface area contributed by atoms with Crippen molar-refractivity contribution in [2.24, 2.45) is 5.92 Å². The van der Waals surface area contributed by atoms with Gasteiger partial charge < -0.3 is 14.2 Å². The summed E-state index contributed by atoms with van der Waals surface area (Å²) in [5.41, 5.74) is 2.57. The van der Waals surface area contributed by atoms with Gasteiger partial charge >= 0.3 is 6.01 Å². The number of sulfone groups is 1. The topological polar surface area (TPSA) is 98.4 Å². The van der Waals surface area contributed by atoms with Crippen molar-refractivity contribution in [2.75, 3.05) is 24.2 Å². The fraction of sp³-hybridized carbons (Fsp3) is 0.480. The van der Waals surface area contributed by atoms with Crippen LogP contribution in [0.15, 0.2) is 45.9 Å². The van der Waals surface area contributed by atoms with E-state index >= 15 is 0 Å². The van der Waals surface area contributed by atoms with Crippen molar-refractivity contribution in [1.82, 2.24) is 15.1 Å². The highest BCUT2D eigenvalue weighted by Gasteiger charge is 2.43. The van der Waals surface area contributed by atoms with Crippen molar-refractivity contribution >= 4 is 15.9 Å². The van der Waals surface area contributed by atoms with Gasteiger partial charge in [-0.15, -0.1) is 0 Å². The number of hydrogen-bond acceptors (Lipinski definition) is 8. The molecule has 1 saturated heterocycles. The maximum Gasteiger partial charge on any atom is 0.324 e. The molecule has 9 heteroatoms. The van der Waals surface area contributed by atoms with Crippen LogP contribution in [0.1, 0.15) is 44.5 Å². The van der Waals surface area contributed by atoms with Crippen LogP contribution in [0, 0.1) is 5.92 Å². The second-order valence-electron chi connectivity index (χ2n) is 9.57. The van der Waals surface area contributed by atoms with Crippen LogP contribution in [0.2, 0.25) is 0 Å². The Balaban J connectivity index is 1.26. The summed E-state index contributed by atoms with van der Waals surface area (Å²) in [6, 6.07) is 9.56. The zero-order valence-electron chi connectivity index (χ0n) is 19.8. The predicted octanol–water partition coefficient (Wildman–Crippen LogP) is 4.10. The lowest BCUT2D eigenvalue weighted by molar-refractivity contribution is 0.0343. The molecule has 2 aromatic heterocycles. The fourth-order valence-corrected chi connectivity index (χ4v) is 5.65. The molecule has 34 heavy (non-hydrogen) atoms. The van der Waals surface area contributed by atoms with Crippen molar-refractivity contribution in [1.29, 1.82) is 0 Å². The van der Waals surface area contributed by atoms with Gasteiger partial charge in [0, 0.05) is 49.2 Å². The minimum atomic E-state index is -3.22. The van der Waals surface area contributed by atoms with Crippen LogP contribution in [0.3, 0.4) is 0 Å². The third kappa shape index (κ3) is 4.41. The number of aromatic nitrogens is 3. The molecule has 5 rings (SSSR count). The van der Waals surface area contributed by atoms with Gasteiger partial charge in [-0.1, -0.05) is 24.2 Å². The maximum atomic E-state index is 11.7. The fourth-order valence-electron chi connectivity index (χ4n) is 5.02. The molecule has 0 aliphatic carbocycles. The first-order valence-corrected chi connectivity index (χ1v) is 13.7. The van der Waals surface area contributed by atoms with Gasteiger partial charge in [-0.05, 0) is 44.4 Å². The summed E-state index contributed by atoms with van der Waals surface area (Å²) in [4.78, 5) is 11.6. The van der Waals surface area contributed by atoms with Gasteiger partial charge in [0.05, 0.1) is 16.8 Å². The van der Waals surface area contributed by atoms with E-state index in [1.54, 1.807) is 30.5 Å². The molecule has 2 aliphatic rings. The first kappa shape index (κ1) is 22.8. The Morgan fingerprint density at radius 2 is 1.91 bits per heavy atom. The summed E-state index contributed by atoms with van der Waals surface area (Å²) in [7, 11) is -3.22. The normalized spacial score (nSPS) is 20.9. The van der Waals surface area contributed by atoms with E-state index in [4.69, 9.17) is 9.26 Å². The van der Waals surface area contributed by atoms with Gasteiger partial charge in [0.25, 0.3) is 0 Å². The number of fused-ring (bicyclic) bond motifs is 1. The second-order valence-corrected chi connectivity index (χ2v) is 11.6. The van der Waals surface area contributed by atoms with E-state index in [2.05, 4.69) is 39.9 Å². The first-order valence-electron chi connectivity index (χ1n) is 11.8. The van der Waals surface area contributed by atoms with E-state index in [1.807, 2.05) is 0 Å². The van der Waals surface area contributed by atoms with E-state index in [0.29, 0.717) is 16.8 Å². The van der Waals surface area contributed by atoms with Gasteiger partial charge in [0.1, 0.15) is 11.4 Å². The van der Waals surface area contributed by atoms with Crippen molar-refractivity contribution in [3.63, 3.8) is 0 Å². The zero-order chi connectivity index (χ0) is 23.9. The minimum Gasteiger partial charge on any atom is -0.485 e.